The van der Waals surface area contributed by atoms with Crippen molar-refractivity contribution in [2.45, 2.75) is 19.5 Å². The van der Waals surface area contributed by atoms with E-state index < -0.39 is 11.7 Å². The fourth-order valence-corrected chi connectivity index (χ4v) is 4.21. The average molecular weight is 388 g/mol. The molecule has 3 nitrogen and oxygen atoms in total. The van der Waals surface area contributed by atoms with Crippen LogP contribution in [0.15, 0.2) is 48.5 Å². The number of thiazole rings is 1. The maximum atomic E-state index is 13.0. The molecule has 1 aliphatic rings. The molecule has 3 aromatic rings. The number of alkyl halides is 3. The van der Waals surface area contributed by atoms with Crippen LogP contribution in [0.25, 0.3) is 10.6 Å². The zero-order chi connectivity index (χ0) is 19.2. The molecule has 0 fully saturated rings. The molecule has 0 bridgehead atoms. The first-order chi connectivity index (χ1) is 12.8. The van der Waals surface area contributed by atoms with E-state index in [2.05, 4.69) is 4.98 Å². The quantitative estimate of drug-likeness (QED) is 0.594. The first-order valence-electron chi connectivity index (χ1n) is 8.39. The van der Waals surface area contributed by atoms with Gasteiger partial charge in [-0.3, -0.25) is 4.79 Å². The van der Waals surface area contributed by atoms with E-state index in [-0.39, 0.29) is 5.91 Å². The zero-order valence-electron chi connectivity index (χ0n) is 14.4. The molecule has 27 heavy (non-hydrogen) atoms. The van der Waals surface area contributed by atoms with Gasteiger partial charge in [0.15, 0.2) is 0 Å². The van der Waals surface area contributed by atoms with Crippen molar-refractivity contribution in [3.8, 4) is 10.6 Å². The van der Waals surface area contributed by atoms with Crippen LogP contribution >= 0.6 is 11.3 Å². The van der Waals surface area contributed by atoms with E-state index in [4.69, 9.17) is 0 Å². The number of para-hydroxylation sites is 1. The van der Waals surface area contributed by atoms with Crippen LogP contribution in [0.4, 0.5) is 18.9 Å². The number of anilines is 1. The predicted octanol–water partition coefficient (Wildman–Crippen LogP) is 5.34. The highest BCUT2D eigenvalue weighted by Gasteiger charge is 2.31. The van der Waals surface area contributed by atoms with Crippen LogP contribution in [0, 0.1) is 6.92 Å². The van der Waals surface area contributed by atoms with Gasteiger partial charge in [0.2, 0.25) is 0 Å². The summed E-state index contributed by atoms with van der Waals surface area (Å²) in [5, 5.41) is 0.539. The molecule has 0 saturated heterocycles. The molecular formula is C20H15F3N2OS. The van der Waals surface area contributed by atoms with Gasteiger partial charge in [0.1, 0.15) is 9.88 Å². The summed E-state index contributed by atoms with van der Waals surface area (Å²) >= 11 is 1.21. The van der Waals surface area contributed by atoms with Gasteiger partial charge < -0.3 is 4.90 Å². The van der Waals surface area contributed by atoms with Crippen molar-refractivity contribution in [3.63, 3.8) is 0 Å². The minimum Gasteiger partial charge on any atom is -0.307 e. The molecule has 138 valence electrons. The lowest BCUT2D eigenvalue weighted by atomic mass is 10.1. The maximum Gasteiger partial charge on any atom is 0.416 e. The SMILES string of the molecule is Cc1nc(-c2ccc(C(F)(F)F)cc2)sc1C(=O)N1CCc2ccccc21. The van der Waals surface area contributed by atoms with Crippen LogP contribution < -0.4 is 4.90 Å². The number of amides is 1. The zero-order valence-corrected chi connectivity index (χ0v) is 15.2. The van der Waals surface area contributed by atoms with Gasteiger partial charge in [-0.2, -0.15) is 13.2 Å². The van der Waals surface area contributed by atoms with Crippen LogP contribution in [-0.4, -0.2) is 17.4 Å². The van der Waals surface area contributed by atoms with Crippen molar-refractivity contribution < 1.29 is 18.0 Å². The summed E-state index contributed by atoms with van der Waals surface area (Å²) in [7, 11) is 0. The van der Waals surface area contributed by atoms with Crippen LogP contribution in [-0.2, 0) is 12.6 Å². The third-order valence-electron chi connectivity index (χ3n) is 4.58. The van der Waals surface area contributed by atoms with Crippen LogP contribution in [0.5, 0.6) is 0 Å². The van der Waals surface area contributed by atoms with Crippen molar-refractivity contribution >= 4 is 22.9 Å². The first kappa shape index (κ1) is 17.7. The summed E-state index contributed by atoms with van der Waals surface area (Å²) in [5.74, 6) is -0.117. The van der Waals surface area contributed by atoms with Gasteiger partial charge >= 0.3 is 6.18 Å². The lowest BCUT2D eigenvalue weighted by molar-refractivity contribution is -0.137. The van der Waals surface area contributed by atoms with Gasteiger partial charge in [-0.1, -0.05) is 30.3 Å². The van der Waals surface area contributed by atoms with Crippen molar-refractivity contribution in [2.75, 3.05) is 11.4 Å². The van der Waals surface area contributed by atoms with E-state index >= 15 is 0 Å². The Morgan fingerprint density at radius 3 is 2.52 bits per heavy atom. The number of hydrogen-bond acceptors (Lipinski definition) is 3. The number of aryl methyl sites for hydroxylation is 1. The molecule has 1 aromatic heterocycles. The minimum atomic E-state index is -4.37. The molecule has 0 unspecified atom stereocenters. The average Bonchev–Trinajstić information content (AvgIpc) is 3.24. The molecule has 1 amide bonds. The molecule has 0 N–H and O–H groups in total. The Hall–Kier alpha value is -2.67. The van der Waals surface area contributed by atoms with Crippen LogP contribution in [0.1, 0.15) is 26.5 Å². The molecule has 1 aliphatic heterocycles. The number of fused-ring (bicyclic) bond motifs is 1. The summed E-state index contributed by atoms with van der Waals surface area (Å²) < 4.78 is 38.2. The molecule has 0 saturated carbocycles. The third-order valence-corrected chi connectivity index (χ3v) is 5.78. The van der Waals surface area contributed by atoms with Crippen molar-refractivity contribution in [1.82, 2.24) is 4.98 Å². The predicted molar refractivity (Wildman–Crippen MR) is 99.1 cm³/mol. The second kappa shape index (κ2) is 6.49. The molecule has 0 spiro atoms. The number of halogens is 3. The molecular weight excluding hydrogens is 373 g/mol. The lowest BCUT2D eigenvalue weighted by Gasteiger charge is -2.16. The summed E-state index contributed by atoms with van der Waals surface area (Å²) in [6.45, 7) is 2.37. The fourth-order valence-electron chi connectivity index (χ4n) is 3.19. The Kier molecular flexibility index (Phi) is 4.26. The third kappa shape index (κ3) is 3.23. The Labute approximate surface area is 158 Å². The minimum absolute atomic E-state index is 0.117. The van der Waals surface area contributed by atoms with E-state index in [0.717, 1.165) is 29.8 Å². The molecule has 0 atom stereocenters. The van der Waals surface area contributed by atoms with Gasteiger partial charge in [0, 0.05) is 17.8 Å². The second-order valence-corrected chi connectivity index (χ2v) is 7.34. The number of aromatic nitrogens is 1. The Morgan fingerprint density at radius 2 is 1.81 bits per heavy atom. The molecule has 0 radical (unpaired) electrons. The van der Waals surface area contributed by atoms with E-state index in [1.165, 1.54) is 23.5 Å². The van der Waals surface area contributed by atoms with Crippen molar-refractivity contribution in [1.29, 1.82) is 0 Å². The molecule has 0 aliphatic carbocycles. The number of hydrogen-bond donors (Lipinski definition) is 0. The van der Waals surface area contributed by atoms with Crippen LogP contribution in [0.2, 0.25) is 0 Å². The number of benzene rings is 2. The maximum absolute atomic E-state index is 13.0. The van der Waals surface area contributed by atoms with E-state index in [1.807, 2.05) is 24.3 Å². The van der Waals surface area contributed by atoms with Gasteiger partial charge in [0.25, 0.3) is 5.91 Å². The van der Waals surface area contributed by atoms with Gasteiger partial charge in [-0.15, -0.1) is 11.3 Å². The number of carbonyl (C=O) groups is 1. The van der Waals surface area contributed by atoms with Crippen molar-refractivity contribution in [2.24, 2.45) is 0 Å². The standard InChI is InChI=1S/C20H15F3N2OS/c1-12-17(19(26)25-11-10-13-4-2-3-5-16(13)25)27-18(24-12)14-6-8-15(9-7-14)20(21,22)23/h2-9H,10-11H2,1H3. The normalized spacial score (nSPS) is 13.7. The summed E-state index contributed by atoms with van der Waals surface area (Å²) in [6.07, 6.45) is -3.56. The summed E-state index contributed by atoms with van der Waals surface area (Å²) in [4.78, 5) is 19.7. The fraction of sp³-hybridized carbons (Fsp3) is 0.200. The highest BCUT2D eigenvalue weighted by molar-refractivity contribution is 7.17. The van der Waals surface area contributed by atoms with Gasteiger partial charge in [0.05, 0.1) is 11.3 Å². The van der Waals surface area contributed by atoms with E-state index in [9.17, 15) is 18.0 Å². The number of nitrogens with zero attached hydrogens (tertiary/aromatic N) is 2. The van der Waals surface area contributed by atoms with Crippen molar-refractivity contribution in [3.05, 3.63) is 70.2 Å². The topological polar surface area (TPSA) is 33.2 Å². The van der Waals surface area contributed by atoms with Gasteiger partial charge in [-0.05, 0) is 37.1 Å². The highest BCUT2D eigenvalue weighted by Crippen LogP contribution is 2.35. The number of rotatable bonds is 2. The molecule has 2 aromatic carbocycles. The first-order valence-corrected chi connectivity index (χ1v) is 9.21. The monoisotopic (exact) mass is 388 g/mol. The molecule has 4 rings (SSSR count). The van der Waals surface area contributed by atoms with E-state index in [0.29, 0.717) is 27.7 Å². The molecule has 7 heteroatoms. The Balaban J connectivity index is 1.63. The molecule has 2 heterocycles. The second-order valence-electron chi connectivity index (χ2n) is 6.34. The smallest absolute Gasteiger partial charge is 0.307 e. The van der Waals surface area contributed by atoms with Crippen LogP contribution in [0.3, 0.4) is 0 Å². The van der Waals surface area contributed by atoms with Gasteiger partial charge in [-0.25, -0.2) is 4.98 Å². The Bertz CT molecular complexity index is 1010. The number of carbonyl (C=O) groups excluding carboxylic acids is 1. The van der Waals surface area contributed by atoms with E-state index in [1.54, 1.807) is 11.8 Å². The lowest BCUT2D eigenvalue weighted by Crippen LogP contribution is -2.28. The summed E-state index contributed by atoms with van der Waals surface area (Å²) in [5.41, 5.74) is 2.49. The summed E-state index contributed by atoms with van der Waals surface area (Å²) in [6, 6.07) is 12.6. The highest BCUT2D eigenvalue weighted by atomic mass is 32.1. The largest absolute Gasteiger partial charge is 0.416 e. The Morgan fingerprint density at radius 1 is 1.11 bits per heavy atom.